The molecule has 2 saturated heterocycles. The molecule has 0 saturated carbocycles. The fourth-order valence-electron chi connectivity index (χ4n) is 5.90. The summed E-state index contributed by atoms with van der Waals surface area (Å²) in [6, 6.07) is 15.1. The molecular formula is C36H38F6N6O4. The summed E-state index contributed by atoms with van der Waals surface area (Å²) in [5.74, 6) is 2.43. The highest BCUT2D eigenvalue weighted by molar-refractivity contribution is 5.50. The van der Waals surface area contributed by atoms with E-state index in [0.29, 0.717) is 62.0 Å². The van der Waals surface area contributed by atoms with E-state index in [2.05, 4.69) is 9.97 Å². The van der Waals surface area contributed by atoms with E-state index in [-0.39, 0.29) is 17.9 Å². The van der Waals surface area contributed by atoms with Gasteiger partial charge < -0.3 is 25.0 Å². The van der Waals surface area contributed by atoms with Gasteiger partial charge in [-0.2, -0.15) is 26.3 Å². The topological polar surface area (TPSA) is 120 Å². The van der Waals surface area contributed by atoms with Gasteiger partial charge in [-0.25, -0.2) is 9.97 Å². The van der Waals surface area contributed by atoms with Crippen LogP contribution in [0.1, 0.15) is 47.9 Å². The van der Waals surface area contributed by atoms with Crippen molar-refractivity contribution in [1.82, 2.24) is 9.97 Å². The van der Waals surface area contributed by atoms with Crippen molar-refractivity contribution < 1.29 is 40.7 Å². The quantitative estimate of drug-likeness (QED) is 0.0865. The second kappa shape index (κ2) is 15.9. The number of halogens is 6. The molecule has 0 aliphatic carbocycles. The maximum atomic E-state index is 12.6. The molecule has 16 heteroatoms. The van der Waals surface area contributed by atoms with Gasteiger partial charge in [-0.3, -0.25) is 10.1 Å². The first-order chi connectivity index (χ1) is 24.6. The molecule has 2 aromatic carbocycles. The monoisotopic (exact) mass is 732 g/mol. The SMILES string of the molecule is Cc1cc(OC2CCN(c3ccc(C(F)(F)F)cn3)CC2)ccc1N.Cc1cc(OC2CCN(c3ccc(C(F)(F)F)cn3)CC2)ccc1[N+](=O)[O-]. The molecule has 4 heterocycles. The molecule has 2 N–H and O–H groups in total. The normalized spacial score (nSPS) is 15.8. The first-order valence-corrected chi connectivity index (χ1v) is 16.6. The average molecular weight is 733 g/mol. The van der Waals surface area contributed by atoms with Crippen molar-refractivity contribution in [3.63, 3.8) is 0 Å². The number of nitrogens with zero attached hydrogens (tertiary/aromatic N) is 5. The first-order valence-electron chi connectivity index (χ1n) is 16.6. The number of hydrogen-bond acceptors (Lipinski definition) is 9. The van der Waals surface area contributed by atoms with E-state index in [1.165, 1.54) is 18.2 Å². The number of nitrogen functional groups attached to an aromatic ring is 1. The lowest BCUT2D eigenvalue weighted by atomic mass is 10.1. The van der Waals surface area contributed by atoms with Crippen LogP contribution in [-0.2, 0) is 12.4 Å². The highest BCUT2D eigenvalue weighted by Crippen LogP contribution is 2.32. The number of aromatic nitrogens is 2. The highest BCUT2D eigenvalue weighted by Gasteiger charge is 2.32. The van der Waals surface area contributed by atoms with Crippen LogP contribution < -0.4 is 25.0 Å². The lowest BCUT2D eigenvalue weighted by Crippen LogP contribution is -2.38. The molecule has 10 nitrogen and oxygen atoms in total. The fraction of sp³-hybridized carbons (Fsp3) is 0.389. The number of nitrogens with two attached hydrogens (primary N) is 1. The van der Waals surface area contributed by atoms with E-state index in [0.717, 1.165) is 54.4 Å². The van der Waals surface area contributed by atoms with Crippen LogP contribution in [0.5, 0.6) is 11.5 Å². The van der Waals surface area contributed by atoms with E-state index in [4.69, 9.17) is 15.2 Å². The van der Waals surface area contributed by atoms with Crippen LogP contribution in [0.15, 0.2) is 73.1 Å². The average Bonchev–Trinajstić information content (AvgIpc) is 3.10. The Morgan fingerprint density at radius 2 is 1.12 bits per heavy atom. The van der Waals surface area contributed by atoms with Gasteiger partial charge in [-0.05, 0) is 74.0 Å². The largest absolute Gasteiger partial charge is 0.490 e. The zero-order chi connectivity index (χ0) is 37.6. The number of rotatable bonds is 7. The number of nitro groups is 1. The van der Waals surface area contributed by atoms with Crippen LogP contribution >= 0.6 is 0 Å². The summed E-state index contributed by atoms with van der Waals surface area (Å²) in [6.07, 6.45) is -4.08. The molecule has 2 fully saturated rings. The van der Waals surface area contributed by atoms with Crippen molar-refractivity contribution in [2.45, 2.75) is 64.1 Å². The van der Waals surface area contributed by atoms with Crippen molar-refractivity contribution >= 4 is 23.0 Å². The van der Waals surface area contributed by atoms with E-state index in [9.17, 15) is 36.5 Å². The van der Waals surface area contributed by atoms with Gasteiger partial charge in [0.2, 0.25) is 0 Å². The van der Waals surface area contributed by atoms with Crippen molar-refractivity contribution in [2.24, 2.45) is 0 Å². The Balaban J connectivity index is 0.000000202. The predicted octanol–water partition coefficient (Wildman–Crippen LogP) is 8.40. The predicted molar refractivity (Wildman–Crippen MR) is 184 cm³/mol. The highest BCUT2D eigenvalue weighted by atomic mass is 19.4. The first kappa shape index (κ1) is 38.0. The summed E-state index contributed by atoms with van der Waals surface area (Å²) in [6.45, 7) is 6.18. The van der Waals surface area contributed by atoms with Gasteiger partial charge in [-0.1, -0.05) is 0 Å². The maximum Gasteiger partial charge on any atom is 0.417 e. The van der Waals surface area contributed by atoms with Crippen molar-refractivity contribution in [2.75, 3.05) is 41.7 Å². The molecule has 4 aromatic rings. The zero-order valence-electron chi connectivity index (χ0n) is 28.5. The number of aryl methyl sites for hydroxylation is 2. The smallest absolute Gasteiger partial charge is 0.417 e. The molecule has 0 radical (unpaired) electrons. The van der Waals surface area contributed by atoms with Gasteiger partial charge in [-0.15, -0.1) is 0 Å². The van der Waals surface area contributed by atoms with Crippen LogP contribution in [0.3, 0.4) is 0 Å². The molecule has 6 rings (SSSR count). The third-order valence-electron chi connectivity index (χ3n) is 8.89. The minimum absolute atomic E-state index is 0.0468. The number of anilines is 3. The molecule has 0 bridgehead atoms. The molecule has 0 atom stereocenters. The van der Waals surface area contributed by atoms with E-state index in [1.807, 2.05) is 34.9 Å². The molecule has 52 heavy (non-hydrogen) atoms. The Kier molecular flexibility index (Phi) is 11.6. The maximum absolute atomic E-state index is 12.6. The number of alkyl halides is 6. The van der Waals surface area contributed by atoms with E-state index in [1.54, 1.807) is 19.1 Å². The minimum atomic E-state index is -4.39. The number of hydrogen-bond donors (Lipinski definition) is 1. The van der Waals surface area contributed by atoms with Crippen LogP contribution in [0.4, 0.5) is 49.4 Å². The third kappa shape index (κ3) is 9.94. The summed E-state index contributed by atoms with van der Waals surface area (Å²) >= 11 is 0. The van der Waals surface area contributed by atoms with Gasteiger partial charge in [0.05, 0.1) is 16.1 Å². The Hall–Kier alpha value is -5.28. The number of benzene rings is 2. The molecule has 0 unspecified atom stereocenters. The standard InChI is InChI=1S/C18H18F3N3O3.C18H20F3N3O/c1-12-10-15(3-4-16(12)24(25)26)27-14-6-8-23(9-7-14)17-5-2-13(11-22-17)18(19,20)21;1-12-10-15(3-4-16(12)22)25-14-6-8-24(9-7-14)17-5-2-13(11-23-17)18(19,20)21/h2-5,10-11,14H,6-9H2,1H3;2-5,10-11,14H,6-9,22H2,1H3. The van der Waals surface area contributed by atoms with Gasteiger partial charge in [0.15, 0.2) is 0 Å². The Labute approximate surface area is 296 Å². The van der Waals surface area contributed by atoms with Crippen LogP contribution in [-0.4, -0.2) is 53.3 Å². The number of piperidine rings is 2. The van der Waals surface area contributed by atoms with E-state index < -0.39 is 28.4 Å². The molecule has 0 amide bonds. The zero-order valence-corrected chi connectivity index (χ0v) is 28.5. The summed E-state index contributed by atoms with van der Waals surface area (Å²) in [7, 11) is 0. The third-order valence-corrected chi connectivity index (χ3v) is 8.89. The molecule has 278 valence electrons. The Bertz CT molecular complexity index is 1810. The Morgan fingerprint density at radius 3 is 1.46 bits per heavy atom. The number of nitro benzene ring substituents is 1. The van der Waals surface area contributed by atoms with Gasteiger partial charge in [0.25, 0.3) is 5.69 Å². The lowest BCUT2D eigenvalue weighted by Gasteiger charge is -2.33. The Morgan fingerprint density at radius 1 is 0.692 bits per heavy atom. The second-order valence-corrected chi connectivity index (χ2v) is 12.6. The van der Waals surface area contributed by atoms with Crippen LogP contribution in [0, 0.1) is 24.0 Å². The van der Waals surface area contributed by atoms with Gasteiger partial charge in [0.1, 0.15) is 35.3 Å². The van der Waals surface area contributed by atoms with Gasteiger partial charge in [0, 0.05) is 81.6 Å². The number of ether oxygens (including phenoxy) is 2. The molecule has 2 aromatic heterocycles. The summed E-state index contributed by atoms with van der Waals surface area (Å²) in [4.78, 5) is 22.2. The molecule has 2 aliphatic heterocycles. The molecular weight excluding hydrogens is 694 g/mol. The molecule has 2 aliphatic rings. The summed E-state index contributed by atoms with van der Waals surface area (Å²) in [5.41, 5.74) is 6.59. The minimum Gasteiger partial charge on any atom is -0.490 e. The number of pyridine rings is 2. The van der Waals surface area contributed by atoms with Crippen LogP contribution in [0.2, 0.25) is 0 Å². The van der Waals surface area contributed by atoms with E-state index >= 15 is 0 Å². The van der Waals surface area contributed by atoms with Gasteiger partial charge >= 0.3 is 12.4 Å². The van der Waals surface area contributed by atoms with Crippen molar-refractivity contribution in [1.29, 1.82) is 0 Å². The molecule has 0 spiro atoms. The van der Waals surface area contributed by atoms with Crippen LogP contribution in [0.25, 0.3) is 0 Å². The summed E-state index contributed by atoms with van der Waals surface area (Å²) in [5, 5.41) is 10.9. The van der Waals surface area contributed by atoms with Crippen molar-refractivity contribution in [3.05, 3.63) is 105 Å². The van der Waals surface area contributed by atoms with Crippen molar-refractivity contribution in [3.8, 4) is 11.5 Å². The second-order valence-electron chi connectivity index (χ2n) is 12.6. The lowest BCUT2D eigenvalue weighted by molar-refractivity contribution is -0.385. The summed E-state index contributed by atoms with van der Waals surface area (Å²) < 4.78 is 87.5. The fourth-order valence-corrected chi connectivity index (χ4v) is 5.90.